The lowest BCUT2D eigenvalue weighted by Crippen LogP contribution is -2.48. The normalized spacial score (nSPS) is 48.6. The molecule has 7 atom stereocenters. The highest BCUT2D eigenvalue weighted by Crippen LogP contribution is 2.65. The molecule has 0 N–H and O–H groups in total. The molecule has 2 heteroatoms. The number of rotatable bonds is 5. The zero-order chi connectivity index (χ0) is 14.6. The largest absolute Gasteiger partial charge is 0.422 e. The van der Waals surface area contributed by atoms with Crippen molar-refractivity contribution in [2.45, 2.75) is 77.2 Å². The van der Waals surface area contributed by atoms with Crippen molar-refractivity contribution in [3.05, 3.63) is 0 Å². The van der Waals surface area contributed by atoms with Gasteiger partial charge in [0.1, 0.15) is 10.5 Å². The maximum atomic E-state index is 6.38. The van der Waals surface area contributed by atoms with E-state index in [1.165, 1.54) is 19.3 Å². The predicted molar refractivity (Wildman–Crippen MR) is 91.1 cm³/mol. The summed E-state index contributed by atoms with van der Waals surface area (Å²) < 4.78 is 6.38. The minimum atomic E-state index is 0.249. The standard InChI is InChI=1S/C19H34OSi/c1-3-19(4-2,20-21)18-15-8-7-14(11-15)17(18)16-10-12-5-6-13(16)9-12/h12-18H,3-11H2,1-2,21H3. The van der Waals surface area contributed by atoms with Gasteiger partial charge in [-0.15, -0.1) is 0 Å². The minimum Gasteiger partial charge on any atom is -0.422 e. The van der Waals surface area contributed by atoms with Crippen LogP contribution in [-0.2, 0) is 4.43 Å². The second-order valence-electron chi connectivity index (χ2n) is 8.75. The first-order chi connectivity index (χ1) is 10.2. The van der Waals surface area contributed by atoms with Gasteiger partial charge in [0.15, 0.2) is 0 Å². The molecule has 0 amide bonds. The van der Waals surface area contributed by atoms with Crippen LogP contribution in [0.25, 0.3) is 0 Å². The summed E-state index contributed by atoms with van der Waals surface area (Å²) in [5.41, 5.74) is 0.249. The summed E-state index contributed by atoms with van der Waals surface area (Å²) in [5.74, 6) is 7.31. The monoisotopic (exact) mass is 306 g/mol. The van der Waals surface area contributed by atoms with Crippen LogP contribution in [-0.4, -0.2) is 16.1 Å². The zero-order valence-corrected chi connectivity index (χ0v) is 16.3. The van der Waals surface area contributed by atoms with E-state index in [0.29, 0.717) is 0 Å². The van der Waals surface area contributed by atoms with E-state index in [9.17, 15) is 0 Å². The second-order valence-corrected chi connectivity index (χ2v) is 9.16. The number of hydrogen-bond donors (Lipinski definition) is 0. The van der Waals surface area contributed by atoms with E-state index in [1.807, 2.05) is 0 Å². The van der Waals surface area contributed by atoms with Crippen LogP contribution in [0.1, 0.15) is 71.6 Å². The quantitative estimate of drug-likeness (QED) is 0.699. The van der Waals surface area contributed by atoms with E-state index in [0.717, 1.165) is 51.9 Å². The van der Waals surface area contributed by atoms with Crippen molar-refractivity contribution in [2.24, 2.45) is 41.4 Å². The Morgan fingerprint density at radius 2 is 1.62 bits per heavy atom. The molecule has 0 saturated heterocycles. The number of hydrogen-bond acceptors (Lipinski definition) is 1. The fraction of sp³-hybridized carbons (Fsp3) is 1.00. The molecule has 0 aliphatic heterocycles. The fourth-order valence-corrected chi connectivity index (χ4v) is 8.49. The summed E-state index contributed by atoms with van der Waals surface area (Å²) in [6, 6.07) is 0. The smallest absolute Gasteiger partial charge is 0.146 e. The first-order valence-corrected chi connectivity index (χ1v) is 10.6. The van der Waals surface area contributed by atoms with Crippen molar-refractivity contribution < 1.29 is 4.43 Å². The highest BCUT2D eigenvalue weighted by atomic mass is 28.2. The first-order valence-electron chi connectivity index (χ1n) is 9.77. The molecule has 120 valence electrons. The van der Waals surface area contributed by atoms with Crippen molar-refractivity contribution in [3.63, 3.8) is 0 Å². The Hall–Kier alpha value is 0.177. The molecule has 4 rings (SSSR count). The summed E-state index contributed by atoms with van der Waals surface area (Å²) in [7, 11) is 0.919. The van der Waals surface area contributed by atoms with Crippen molar-refractivity contribution in [1.82, 2.24) is 0 Å². The molecule has 4 fully saturated rings. The Balaban J connectivity index is 1.64. The highest BCUT2D eigenvalue weighted by Gasteiger charge is 2.59. The first kappa shape index (κ1) is 14.7. The second kappa shape index (κ2) is 5.37. The van der Waals surface area contributed by atoms with Gasteiger partial charge in [0.05, 0.1) is 5.60 Å². The lowest BCUT2D eigenvalue weighted by Gasteiger charge is -2.49. The maximum Gasteiger partial charge on any atom is 0.146 e. The molecule has 4 saturated carbocycles. The lowest BCUT2D eigenvalue weighted by atomic mass is 9.61. The molecule has 1 nitrogen and oxygen atoms in total. The van der Waals surface area contributed by atoms with E-state index >= 15 is 0 Å². The Kier molecular flexibility index (Phi) is 3.77. The third-order valence-electron chi connectivity index (χ3n) is 8.48. The topological polar surface area (TPSA) is 9.23 Å². The Bertz CT molecular complexity index is 383. The van der Waals surface area contributed by atoms with Crippen LogP contribution in [0, 0.1) is 41.4 Å². The third-order valence-corrected chi connectivity index (χ3v) is 9.29. The molecule has 7 unspecified atom stereocenters. The van der Waals surface area contributed by atoms with E-state index in [4.69, 9.17) is 4.43 Å². The highest BCUT2D eigenvalue weighted by molar-refractivity contribution is 5.98. The van der Waals surface area contributed by atoms with Crippen molar-refractivity contribution in [2.75, 3.05) is 0 Å². The zero-order valence-electron chi connectivity index (χ0n) is 14.3. The average molecular weight is 307 g/mol. The van der Waals surface area contributed by atoms with Crippen molar-refractivity contribution >= 4 is 10.5 Å². The predicted octanol–water partition coefficient (Wildman–Crippen LogP) is 3.94. The van der Waals surface area contributed by atoms with Crippen LogP contribution < -0.4 is 0 Å². The molecule has 0 aromatic carbocycles. The van der Waals surface area contributed by atoms with Crippen LogP contribution in [0.5, 0.6) is 0 Å². The summed E-state index contributed by atoms with van der Waals surface area (Å²) in [6.45, 7) is 4.79. The van der Waals surface area contributed by atoms with Crippen LogP contribution in [0.2, 0.25) is 0 Å². The van der Waals surface area contributed by atoms with E-state index < -0.39 is 0 Å². The molecule has 0 aromatic rings. The van der Waals surface area contributed by atoms with Crippen LogP contribution in [0.3, 0.4) is 0 Å². The van der Waals surface area contributed by atoms with Crippen molar-refractivity contribution in [1.29, 1.82) is 0 Å². The van der Waals surface area contributed by atoms with Gasteiger partial charge < -0.3 is 4.43 Å². The Labute approximate surface area is 134 Å². The molecule has 0 heterocycles. The summed E-state index contributed by atoms with van der Waals surface area (Å²) in [4.78, 5) is 0. The van der Waals surface area contributed by atoms with Crippen LogP contribution in [0.4, 0.5) is 0 Å². The molecular formula is C19H34OSi. The fourth-order valence-electron chi connectivity index (χ4n) is 7.64. The molecule has 21 heavy (non-hydrogen) atoms. The molecule has 4 aliphatic carbocycles. The van der Waals surface area contributed by atoms with Gasteiger partial charge in [0, 0.05) is 0 Å². The molecule has 0 spiro atoms. The minimum absolute atomic E-state index is 0.249. The van der Waals surface area contributed by atoms with Gasteiger partial charge in [0.2, 0.25) is 0 Å². The van der Waals surface area contributed by atoms with Gasteiger partial charge in [-0.2, -0.15) is 0 Å². The van der Waals surface area contributed by atoms with Gasteiger partial charge in [-0.25, -0.2) is 0 Å². The Morgan fingerprint density at radius 3 is 2.19 bits per heavy atom. The van der Waals surface area contributed by atoms with Crippen LogP contribution in [0.15, 0.2) is 0 Å². The third kappa shape index (κ3) is 2.04. The Morgan fingerprint density at radius 1 is 0.905 bits per heavy atom. The van der Waals surface area contributed by atoms with Crippen LogP contribution >= 0.6 is 0 Å². The summed E-state index contributed by atoms with van der Waals surface area (Å²) in [5, 5.41) is 0. The average Bonchev–Trinajstić information content (AvgIpc) is 3.29. The van der Waals surface area contributed by atoms with E-state index in [2.05, 4.69) is 13.8 Å². The lowest BCUT2D eigenvalue weighted by molar-refractivity contribution is -0.0636. The van der Waals surface area contributed by atoms with E-state index in [-0.39, 0.29) is 5.60 Å². The number of fused-ring (bicyclic) bond motifs is 4. The van der Waals surface area contributed by atoms with Gasteiger partial charge in [-0.3, -0.25) is 0 Å². The van der Waals surface area contributed by atoms with Crippen molar-refractivity contribution in [3.8, 4) is 0 Å². The molecular weight excluding hydrogens is 272 g/mol. The molecule has 0 aromatic heterocycles. The van der Waals surface area contributed by atoms with Gasteiger partial charge >= 0.3 is 0 Å². The van der Waals surface area contributed by atoms with Gasteiger partial charge in [-0.1, -0.05) is 20.3 Å². The summed E-state index contributed by atoms with van der Waals surface area (Å²) in [6.07, 6.45) is 13.4. The summed E-state index contributed by atoms with van der Waals surface area (Å²) >= 11 is 0. The molecule has 4 aliphatic rings. The maximum absolute atomic E-state index is 6.38. The molecule has 0 radical (unpaired) electrons. The SMILES string of the molecule is CCC(CC)(O[SiH3])C1C2CCC(C2)C1C1CC2CCC1C2. The molecule has 4 bridgehead atoms. The van der Waals surface area contributed by atoms with Gasteiger partial charge in [0.25, 0.3) is 0 Å². The van der Waals surface area contributed by atoms with Gasteiger partial charge in [-0.05, 0) is 92.8 Å². The van der Waals surface area contributed by atoms with E-state index in [1.54, 1.807) is 38.5 Å².